The van der Waals surface area contributed by atoms with Crippen molar-refractivity contribution in [3.8, 4) is 0 Å². The van der Waals surface area contributed by atoms with Crippen LogP contribution in [0, 0.1) is 5.92 Å². The largest absolute Gasteiger partial charge is 0.444 e. The molecule has 0 saturated heterocycles. The van der Waals surface area contributed by atoms with Crippen molar-refractivity contribution in [2.75, 3.05) is 0 Å². The zero-order valence-electron chi connectivity index (χ0n) is 16.5. The molecule has 2 amide bonds. The number of aryl methyl sites for hydroxylation is 1. The van der Waals surface area contributed by atoms with Crippen molar-refractivity contribution in [3.63, 3.8) is 0 Å². The molecule has 5 nitrogen and oxygen atoms in total. The second-order valence-corrected chi connectivity index (χ2v) is 7.69. The van der Waals surface area contributed by atoms with E-state index in [9.17, 15) is 9.59 Å². The third-order valence-electron chi connectivity index (χ3n) is 3.84. The first-order valence-corrected chi connectivity index (χ1v) is 8.92. The summed E-state index contributed by atoms with van der Waals surface area (Å²) in [6, 6.07) is 7.48. The summed E-state index contributed by atoms with van der Waals surface area (Å²) >= 11 is 0. The highest BCUT2D eigenvalue weighted by Gasteiger charge is 2.24. The number of ether oxygens (including phenoxy) is 1. The number of alkyl carbamates (subject to hydrolysis) is 1. The maximum Gasteiger partial charge on any atom is 0.408 e. The Labute approximate surface area is 151 Å². The van der Waals surface area contributed by atoms with Gasteiger partial charge in [0.05, 0.1) is 6.04 Å². The zero-order chi connectivity index (χ0) is 19.2. The van der Waals surface area contributed by atoms with Crippen LogP contribution in [0.4, 0.5) is 4.79 Å². The SMILES string of the molecule is CCc1ccc(C(NC(=O)[C@@H](C)NC(=O)OC(C)(C)C)C(C)C)cc1. The summed E-state index contributed by atoms with van der Waals surface area (Å²) in [7, 11) is 0. The number of carbonyl (C=O) groups is 2. The van der Waals surface area contributed by atoms with Gasteiger partial charge in [-0.05, 0) is 51.2 Å². The van der Waals surface area contributed by atoms with Gasteiger partial charge in [-0.25, -0.2) is 4.79 Å². The first-order valence-electron chi connectivity index (χ1n) is 8.92. The minimum atomic E-state index is -0.675. The quantitative estimate of drug-likeness (QED) is 0.817. The molecule has 2 N–H and O–H groups in total. The number of rotatable bonds is 6. The lowest BCUT2D eigenvalue weighted by Crippen LogP contribution is -2.47. The van der Waals surface area contributed by atoms with Crippen LogP contribution in [0.5, 0.6) is 0 Å². The van der Waals surface area contributed by atoms with Crippen molar-refractivity contribution in [2.24, 2.45) is 5.92 Å². The summed E-state index contributed by atoms with van der Waals surface area (Å²) < 4.78 is 5.19. The van der Waals surface area contributed by atoms with E-state index in [0.717, 1.165) is 12.0 Å². The highest BCUT2D eigenvalue weighted by Crippen LogP contribution is 2.22. The van der Waals surface area contributed by atoms with E-state index in [1.807, 2.05) is 0 Å². The van der Waals surface area contributed by atoms with Crippen LogP contribution < -0.4 is 10.6 Å². The van der Waals surface area contributed by atoms with Gasteiger partial charge in [-0.2, -0.15) is 0 Å². The molecule has 0 aromatic heterocycles. The van der Waals surface area contributed by atoms with Gasteiger partial charge >= 0.3 is 6.09 Å². The Morgan fingerprint density at radius 3 is 2.04 bits per heavy atom. The third-order valence-corrected chi connectivity index (χ3v) is 3.84. The molecule has 2 atom stereocenters. The summed E-state index contributed by atoms with van der Waals surface area (Å²) in [6.07, 6.45) is 0.388. The van der Waals surface area contributed by atoms with Crippen LogP contribution in [0.2, 0.25) is 0 Å². The molecule has 0 aliphatic heterocycles. The normalized spacial score (nSPS) is 13.9. The Kier molecular flexibility index (Phi) is 7.46. The molecule has 0 bridgehead atoms. The van der Waals surface area contributed by atoms with Gasteiger partial charge in [0.1, 0.15) is 11.6 Å². The van der Waals surface area contributed by atoms with Crippen molar-refractivity contribution < 1.29 is 14.3 Å². The second kappa shape index (κ2) is 8.88. The van der Waals surface area contributed by atoms with Crippen molar-refractivity contribution in [1.82, 2.24) is 10.6 Å². The Balaban J connectivity index is 2.73. The van der Waals surface area contributed by atoms with Crippen molar-refractivity contribution in [1.29, 1.82) is 0 Å². The van der Waals surface area contributed by atoms with Crippen LogP contribution in [0.3, 0.4) is 0 Å². The summed E-state index contributed by atoms with van der Waals surface area (Å²) in [5.41, 5.74) is 1.73. The maximum atomic E-state index is 12.5. The summed E-state index contributed by atoms with van der Waals surface area (Å²) in [5.74, 6) is -0.00530. The number of carbonyl (C=O) groups excluding carboxylic acids is 2. The average Bonchev–Trinajstić information content (AvgIpc) is 2.50. The van der Waals surface area contributed by atoms with E-state index in [1.54, 1.807) is 27.7 Å². The molecule has 0 fully saturated rings. The minimum absolute atomic E-state index is 0.110. The molecule has 1 rings (SSSR count). The molecule has 0 heterocycles. The lowest BCUT2D eigenvalue weighted by atomic mass is 9.94. The van der Waals surface area contributed by atoms with Gasteiger partial charge in [0.25, 0.3) is 0 Å². The van der Waals surface area contributed by atoms with Gasteiger partial charge in [0.2, 0.25) is 5.91 Å². The first-order chi connectivity index (χ1) is 11.5. The molecule has 0 spiro atoms. The van der Waals surface area contributed by atoms with Gasteiger partial charge in [-0.1, -0.05) is 45.0 Å². The predicted molar refractivity (Wildman–Crippen MR) is 100 cm³/mol. The fourth-order valence-corrected chi connectivity index (χ4v) is 2.42. The first kappa shape index (κ1) is 21.0. The fraction of sp³-hybridized carbons (Fsp3) is 0.600. The average molecular weight is 348 g/mol. The predicted octanol–water partition coefficient (Wildman–Crippen LogP) is 3.98. The molecule has 0 saturated carbocycles. The van der Waals surface area contributed by atoms with Crippen LogP contribution in [0.25, 0.3) is 0 Å². The highest BCUT2D eigenvalue weighted by atomic mass is 16.6. The fourth-order valence-electron chi connectivity index (χ4n) is 2.42. The molecule has 1 aromatic rings. The van der Waals surface area contributed by atoms with E-state index in [1.165, 1.54) is 5.56 Å². The Morgan fingerprint density at radius 1 is 1.04 bits per heavy atom. The Bertz CT molecular complexity index is 574. The van der Waals surface area contributed by atoms with E-state index in [0.29, 0.717) is 0 Å². The topological polar surface area (TPSA) is 67.4 Å². The monoisotopic (exact) mass is 348 g/mol. The van der Waals surface area contributed by atoms with Crippen LogP contribution in [0.15, 0.2) is 24.3 Å². The van der Waals surface area contributed by atoms with E-state index < -0.39 is 17.7 Å². The third kappa shape index (κ3) is 7.16. The second-order valence-electron chi connectivity index (χ2n) is 7.69. The Morgan fingerprint density at radius 2 is 1.60 bits per heavy atom. The van der Waals surface area contributed by atoms with Gasteiger partial charge in [-0.15, -0.1) is 0 Å². The van der Waals surface area contributed by atoms with Crippen LogP contribution in [0.1, 0.15) is 65.6 Å². The van der Waals surface area contributed by atoms with E-state index in [4.69, 9.17) is 4.74 Å². The van der Waals surface area contributed by atoms with Gasteiger partial charge in [0, 0.05) is 0 Å². The van der Waals surface area contributed by atoms with Gasteiger partial charge in [0.15, 0.2) is 0 Å². The molecule has 5 heteroatoms. The molecule has 25 heavy (non-hydrogen) atoms. The molecule has 1 aromatic carbocycles. The highest BCUT2D eigenvalue weighted by molar-refractivity contribution is 5.85. The van der Waals surface area contributed by atoms with Crippen molar-refractivity contribution in [3.05, 3.63) is 35.4 Å². The molecule has 1 unspecified atom stereocenters. The number of amides is 2. The molecule has 0 radical (unpaired) electrons. The van der Waals surface area contributed by atoms with E-state index >= 15 is 0 Å². The standard InChI is InChI=1S/C20H32N2O3/c1-8-15-9-11-16(12-10-15)17(13(2)3)22-18(23)14(4)21-19(24)25-20(5,6)7/h9-14,17H,8H2,1-7H3,(H,21,24)(H,22,23)/t14-,17?/m1/s1. The zero-order valence-corrected chi connectivity index (χ0v) is 16.5. The lowest BCUT2D eigenvalue weighted by Gasteiger charge is -2.26. The minimum Gasteiger partial charge on any atom is -0.444 e. The van der Waals surface area contributed by atoms with E-state index in [2.05, 4.69) is 55.7 Å². The van der Waals surface area contributed by atoms with Gasteiger partial charge < -0.3 is 15.4 Å². The number of hydrogen-bond acceptors (Lipinski definition) is 3. The smallest absolute Gasteiger partial charge is 0.408 e. The van der Waals surface area contributed by atoms with Crippen LogP contribution in [-0.4, -0.2) is 23.6 Å². The van der Waals surface area contributed by atoms with Crippen molar-refractivity contribution in [2.45, 2.75) is 72.6 Å². The molecule has 0 aliphatic carbocycles. The number of hydrogen-bond donors (Lipinski definition) is 2. The molecule has 0 aliphatic rings. The molecule has 140 valence electrons. The summed E-state index contributed by atoms with van der Waals surface area (Å²) in [6.45, 7) is 13.2. The molecular formula is C20H32N2O3. The Hall–Kier alpha value is -2.04. The molecular weight excluding hydrogens is 316 g/mol. The summed E-state index contributed by atoms with van der Waals surface area (Å²) in [5, 5.41) is 5.61. The van der Waals surface area contributed by atoms with Gasteiger partial charge in [-0.3, -0.25) is 4.79 Å². The number of nitrogens with one attached hydrogen (secondary N) is 2. The van der Waals surface area contributed by atoms with Crippen LogP contribution >= 0.6 is 0 Å². The van der Waals surface area contributed by atoms with E-state index in [-0.39, 0.29) is 17.9 Å². The maximum absolute atomic E-state index is 12.5. The number of benzene rings is 1. The lowest BCUT2D eigenvalue weighted by molar-refractivity contribution is -0.123. The van der Waals surface area contributed by atoms with Crippen LogP contribution in [-0.2, 0) is 16.0 Å². The van der Waals surface area contributed by atoms with Crippen molar-refractivity contribution >= 4 is 12.0 Å². The summed E-state index contributed by atoms with van der Waals surface area (Å²) in [4.78, 5) is 24.3.